The molecule has 114 valence electrons. The number of carbonyl (C=O) groups excluding carboxylic acids is 1. The third-order valence-electron chi connectivity index (χ3n) is 3.41. The molecule has 0 saturated carbocycles. The summed E-state index contributed by atoms with van der Waals surface area (Å²) < 4.78 is 0.902. The van der Waals surface area contributed by atoms with E-state index in [0.29, 0.717) is 11.1 Å². The molecule has 0 saturated heterocycles. The summed E-state index contributed by atoms with van der Waals surface area (Å²) in [5.74, 6) is -0.168. The lowest BCUT2D eigenvalue weighted by molar-refractivity contribution is 0.0955. The molecule has 0 atom stereocenters. The van der Waals surface area contributed by atoms with Crippen LogP contribution >= 0.6 is 15.9 Å². The highest BCUT2D eigenvalue weighted by Crippen LogP contribution is 2.27. The lowest BCUT2D eigenvalue weighted by Gasteiger charge is -2.04. The van der Waals surface area contributed by atoms with E-state index in [1.165, 1.54) is 6.21 Å². The highest BCUT2D eigenvalue weighted by Gasteiger charge is 2.05. The number of halogens is 1. The van der Waals surface area contributed by atoms with Crippen molar-refractivity contribution in [2.45, 2.75) is 0 Å². The van der Waals surface area contributed by atoms with E-state index in [4.69, 9.17) is 0 Å². The Balaban J connectivity index is 1.76. The van der Waals surface area contributed by atoms with Crippen LogP contribution in [-0.4, -0.2) is 17.2 Å². The quantitative estimate of drug-likeness (QED) is 0.540. The summed E-state index contributed by atoms with van der Waals surface area (Å²) in [4.78, 5) is 11.9. The molecule has 3 aromatic rings. The van der Waals surface area contributed by atoms with Crippen LogP contribution in [0.25, 0.3) is 10.8 Å². The molecule has 23 heavy (non-hydrogen) atoms. The van der Waals surface area contributed by atoms with Crippen molar-refractivity contribution in [1.29, 1.82) is 0 Å². The molecule has 0 heterocycles. The third kappa shape index (κ3) is 3.40. The lowest BCUT2D eigenvalue weighted by atomic mass is 10.1. The number of rotatable bonds is 3. The maximum Gasteiger partial charge on any atom is 0.271 e. The first-order valence-corrected chi connectivity index (χ1v) is 7.74. The smallest absolute Gasteiger partial charge is 0.271 e. The van der Waals surface area contributed by atoms with Crippen molar-refractivity contribution < 1.29 is 9.90 Å². The van der Waals surface area contributed by atoms with Crippen molar-refractivity contribution in [3.63, 3.8) is 0 Å². The summed E-state index contributed by atoms with van der Waals surface area (Å²) in [5, 5.41) is 15.9. The van der Waals surface area contributed by atoms with E-state index in [1.807, 2.05) is 30.3 Å². The Morgan fingerprint density at radius 1 is 1.04 bits per heavy atom. The zero-order valence-corrected chi connectivity index (χ0v) is 13.6. The SMILES string of the molecule is O=C(N/N=C/c1ccc2ccccc2c1O)c1ccc(Br)cc1. The van der Waals surface area contributed by atoms with Crippen molar-refractivity contribution in [2.75, 3.05) is 0 Å². The molecule has 0 radical (unpaired) electrons. The van der Waals surface area contributed by atoms with Crippen LogP contribution in [0.3, 0.4) is 0 Å². The summed E-state index contributed by atoms with van der Waals surface area (Å²) >= 11 is 3.32. The van der Waals surface area contributed by atoms with Gasteiger partial charge in [-0.1, -0.05) is 46.3 Å². The number of fused-ring (bicyclic) bond motifs is 1. The molecule has 3 aromatic carbocycles. The molecule has 0 aliphatic carbocycles. The average Bonchev–Trinajstić information content (AvgIpc) is 2.57. The topological polar surface area (TPSA) is 61.7 Å². The summed E-state index contributed by atoms with van der Waals surface area (Å²) in [6.45, 7) is 0. The summed E-state index contributed by atoms with van der Waals surface area (Å²) in [6.07, 6.45) is 1.43. The Morgan fingerprint density at radius 2 is 1.78 bits per heavy atom. The Labute approximate surface area is 141 Å². The number of nitrogens with one attached hydrogen (secondary N) is 1. The average molecular weight is 369 g/mol. The van der Waals surface area contributed by atoms with Gasteiger partial charge in [-0.2, -0.15) is 5.10 Å². The molecule has 0 fully saturated rings. The van der Waals surface area contributed by atoms with E-state index in [2.05, 4.69) is 26.5 Å². The van der Waals surface area contributed by atoms with E-state index in [-0.39, 0.29) is 11.7 Å². The van der Waals surface area contributed by atoms with Gasteiger partial charge in [0.05, 0.1) is 6.21 Å². The molecule has 0 aliphatic rings. The number of amides is 1. The maximum absolute atomic E-state index is 11.9. The van der Waals surface area contributed by atoms with Gasteiger partial charge in [-0.05, 0) is 35.7 Å². The number of phenolic OH excluding ortho intramolecular Hbond substituents is 1. The van der Waals surface area contributed by atoms with E-state index in [9.17, 15) is 9.90 Å². The van der Waals surface area contributed by atoms with Crippen LogP contribution in [0.2, 0.25) is 0 Å². The van der Waals surface area contributed by atoms with Gasteiger partial charge in [0.25, 0.3) is 5.91 Å². The third-order valence-corrected chi connectivity index (χ3v) is 3.94. The number of nitrogens with zero attached hydrogens (tertiary/aromatic N) is 1. The molecule has 0 bridgehead atoms. The largest absolute Gasteiger partial charge is 0.507 e. The number of phenols is 1. The number of hydrogen-bond donors (Lipinski definition) is 2. The van der Waals surface area contributed by atoms with Crippen LogP contribution in [0.5, 0.6) is 5.75 Å². The molecule has 1 amide bonds. The van der Waals surface area contributed by atoms with Crippen molar-refractivity contribution >= 4 is 38.8 Å². The van der Waals surface area contributed by atoms with Gasteiger partial charge in [0.15, 0.2) is 0 Å². The molecule has 5 heteroatoms. The van der Waals surface area contributed by atoms with Crippen LogP contribution in [0, 0.1) is 0 Å². The second-order valence-corrected chi connectivity index (χ2v) is 5.85. The Bertz CT molecular complexity index is 889. The fourth-order valence-corrected chi connectivity index (χ4v) is 2.47. The van der Waals surface area contributed by atoms with Gasteiger partial charge in [-0.3, -0.25) is 4.79 Å². The van der Waals surface area contributed by atoms with Crippen molar-refractivity contribution in [2.24, 2.45) is 5.10 Å². The predicted molar refractivity (Wildman–Crippen MR) is 94.8 cm³/mol. The molecule has 3 rings (SSSR count). The van der Waals surface area contributed by atoms with Crippen LogP contribution < -0.4 is 5.43 Å². The molecular formula is C18H13BrN2O2. The standard InChI is InChI=1S/C18H13BrN2O2/c19-15-9-7-13(8-10-15)18(23)21-20-11-14-6-5-12-3-1-2-4-16(12)17(14)22/h1-11,22H,(H,21,23)/b20-11+. The molecule has 4 nitrogen and oxygen atoms in total. The van der Waals surface area contributed by atoms with E-state index in [1.54, 1.807) is 30.3 Å². The van der Waals surface area contributed by atoms with E-state index in [0.717, 1.165) is 15.2 Å². The molecule has 0 aliphatic heterocycles. The van der Waals surface area contributed by atoms with Gasteiger partial charge in [0.2, 0.25) is 0 Å². The monoisotopic (exact) mass is 368 g/mol. The highest BCUT2D eigenvalue weighted by molar-refractivity contribution is 9.10. The van der Waals surface area contributed by atoms with Crippen molar-refractivity contribution in [1.82, 2.24) is 5.43 Å². The Kier molecular flexibility index (Phi) is 4.39. The van der Waals surface area contributed by atoms with Gasteiger partial charge >= 0.3 is 0 Å². The number of hydrazone groups is 1. The first-order chi connectivity index (χ1) is 11.1. The van der Waals surface area contributed by atoms with Gasteiger partial charge in [-0.25, -0.2) is 5.43 Å². The predicted octanol–water partition coefficient (Wildman–Crippen LogP) is 4.07. The second-order valence-electron chi connectivity index (χ2n) is 4.93. The van der Waals surface area contributed by atoms with Gasteiger partial charge in [0, 0.05) is 21.0 Å². The van der Waals surface area contributed by atoms with Crippen LogP contribution in [0.15, 0.2) is 70.2 Å². The number of carbonyl (C=O) groups is 1. The zero-order chi connectivity index (χ0) is 16.2. The molecule has 0 spiro atoms. The van der Waals surface area contributed by atoms with Crippen molar-refractivity contribution in [3.8, 4) is 5.75 Å². The summed E-state index contributed by atoms with van der Waals surface area (Å²) in [7, 11) is 0. The lowest BCUT2D eigenvalue weighted by Crippen LogP contribution is -2.17. The second kappa shape index (κ2) is 6.62. The summed E-state index contributed by atoms with van der Waals surface area (Å²) in [6, 6.07) is 18.1. The first-order valence-electron chi connectivity index (χ1n) is 6.95. The van der Waals surface area contributed by atoms with Crippen LogP contribution in [0.4, 0.5) is 0 Å². The molecule has 2 N–H and O–H groups in total. The highest BCUT2D eigenvalue weighted by atomic mass is 79.9. The van der Waals surface area contributed by atoms with E-state index >= 15 is 0 Å². The normalized spacial score (nSPS) is 11.0. The van der Waals surface area contributed by atoms with Gasteiger partial charge in [0.1, 0.15) is 5.75 Å². The number of hydrogen-bond acceptors (Lipinski definition) is 3. The number of benzene rings is 3. The zero-order valence-electron chi connectivity index (χ0n) is 12.0. The Morgan fingerprint density at radius 3 is 2.57 bits per heavy atom. The fourth-order valence-electron chi connectivity index (χ4n) is 2.20. The van der Waals surface area contributed by atoms with Crippen molar-refractivity contribution in [3.05, 3.63) is 76.3 Å². The van der Waals surface area contributed by atoms with Crippen LogP contribution in [0.1, 0.15) is 15.9 Å². The summed E-state index contributed by atoms with van der Waals surface area (Å²) in [5.41, 5.74) is 3.50. The van der Waals surface area contributed by atoms with E-state index < -0.39 is 0 Å². The minimum Gasteiger partial charge on any atom is -0.507 e. The minimum absolute atomic E-state index is 0.143. The van der Waals surface area contributed by atoms with Crippen LogP contribution in [-0.2, 0) is 0 Å². The number of aromatic hydroxyl groups is 1. The maximum atomic E-state index is 11.9. The molecule has 0 unspecified atom stereocenters. The minimum atomic E-state index is -0.311. The fraction of sp³-hybridized carbons (Fsp3) is 0. The van der Waals surface area contributed by atoms with Gasteiger partial charge < -0.3 is 5.11 Å². The first kappa shape index (κ1) is 15.2. The molecule has 0 aromatic heterocycles. The van der Waals surface area contributed by atoms with Gasteiger partial charge in [-0.15, -0.1) is 0 Å². The Hall–Kier alpha value is -2.66. The molecular weight excluding hydrogens is 356 g/mol.